The predicted octanol–water partition coefficient (Wildman–Crippen LogP) is 5.05. The maximum atomic E-state index is 6.16. The van der Waals surface area contributed by atoms with Crippen LogP contribution >= 0.6 is 0 Å². The van der Waals surface area contributed by atoms with Crippen molar-refractivity contribution in [1.29, 1.82) is 0 Å². The van der Waals surface area contributed by atoms with Crippen molar-refractivity contribution in [3.8, 4) is 0 Å². The van der Waals surface area contributed by atoms with Crippen molar-refractivity contribution in [1.82, 2.24) is 0 Å². The zero-order valence-corrected chi connectivity index (χ0v) is 11.1. The molecule has 0 saturated heterocycles. The van der Waals surface area contributed by atoms with Gasteiger partial charge in [0.2, 0.25) is 0 Å². The highest BCUT2D eigenvalue weighted by molar-refractivity contribution is 6.52. The normalized spacial score (nSPS) is 15.8. The smallest absolute Gasteiger partial charge is 0.357 e. The van der Waals surface area contributed by atoms with Gasteiger partial charge in [0.1, 0.15) is 0 Å². The van der Waals surface area contributed by atoms with Crippen molar-refractivity contribution >= 4 is 6.92 Å². The molecule has 0 unspecified atom stereocenters. The topological polar surface area (TPSA) is 9.23 Å². The second-order valence-corrected chi connectivity index (χ2v) is 4.94. The first-order valence-electron chi connectivity index (χ1n) is 7.22. The van der Waals surface area contributed by atoms with Gasteiger partial charge in [0.25, 0.3) is 0 Å². The second-order valence-electron chi connectivity index (χ2n) is 4.94. The van der Waals surface area contributed by atoms with Crippen LogP contribution < -0.4 is 0 Å². The third-order valence-corrected chi connectivity index (χ3v) is 3.33. The summed E-state index contributed by atoms with van der Waals surface area (Å²) in [7, 11) is 0. The van der Waals surface area contributed by atoms with Crippen LogP contribution in [0.1, 0.15) is 65.2 Å². The summed E-state index contributed by atoms with van der Waals surface area (Å²) < 4.78 is 6.16. The molecule has 0 bridgehead atoms. The Morgan fingerprint density at radius 2 is 1.81 bits per heavy atom. The molecule has 0 atom stereocenters. The summed E-state index contributed by atoms with van der Waals surface area (Å²) in [5, 5.41) is 0. The number of unbranched alkanes of at least 4 members (excludes halogenated alkanes) is 2. The Morgan fingerprint density at radius 1 is 1.12 bits per heavy atom. The highest BCUT2D eigenvalue weighted by Gasteiger charge is 2.18. The van der Waals surface area contributed by atoms with E-state index >= 15 is 0 Å². The average molecular weight is 222 g/mol. The van der Waals surface area contributed by atoms with Gasteiger partial charge in [-0.05, 0) is 38.0 Å². The molecule has 92 valence electrons. The fraction of sp³-hybridized carbons (Fsp3) is 0.857. The SMILES string of the molecule is CCCCB(CCCC)OC1=CCCCC1. The van der Waals surface area contributed by atoms with E-state index in [1.807, 2.05) is 0 Å². The van der Waals surface area contributed by atoms with Crippen molar-refractivity contribution in [3.05, 3.63) is 11.8 Å². The summed E-state index contributed by atoms with van der Waals surface area (Å²) in [6.45, 7) is 5.01. The molecule has 0 spiro atoms. The van der Waals surface area contributed by atoms with Crippen LogP contribution in [0.4, 0.5) is 0 Å². The van der Waals surface area contributed by atoms with Gasteiger partial charge in [-0.25, -0.2) is 0 Å². The van der Waals surface area contributed by atoms with Crippen LogP contribution in [-0.4, -0.2) is 6.92 Å². The van der Waals surface area contributed by atoms with Crippen LogP contribution in [0.15, 0.2) is 11.8 Å². The minimum Gasteiger partial charge on any atom is -0.564 e. The van der Waals surface area contributed by atoms with E-state index in [1.54, 1.807) is 0 Å². The molecular weight excluding hydrogens is 195 g/mol. The largest absolute Gasteiger partial charge is 0.564 e. The molecular formula is C14H27BO. The van der Waals surface area contributed by atoms with Gasteiger partial charge in [0, 0.05) is 6.42 Å². The Balaban J connectivity index is 2.31. The molecule has 0 aromatic rings. The van der Waals surface area contributed by atoms with Gasteiger partial charge in [-0.2, -0.15) is 0 Å². The van der Waals surface area contributed by atoms with Gasteiger partial charge >= 0.3 is 6.92 Å². The molecule has 0 heterocycles. The van der Waals surface area contributed by atoms with Crippen molar-refractivity contribution < 1.29 is 4.65 Å². The zero-order chi connectivity index (χ0) is 11.6. The fourth-order valence-corrected chi connectivity index (χ4v) is 2.26. The van der Waals surface area contributed by atoms with Crippen molar-refractivity contribution in [2.24, 2.45) is 0 Å². The standard InChI is InChI=1S/C14H27BO/c1-3-5-12-15(13-6-4-2)16-14-10-8-7-9-11-14/h10H,3-9,11-13H2,1-2H3. The number of allylic oxidation sites excluding steroid dienone is 2. The lowest BCUT2D eigenvalue weighted by Gasteiger charge is -2.20. The fourth-order valence-electron chi connectivity index (χ4n) is 2.26. The molecule has 0 N–H and O–H groups in total. The Hall–Kier alpha value is -0.395. The molecule has 0 radical (unpaired) electrons. The molecule has 0 fully saturated rings. The van der Waals surface area contributed by atoms with Crippen LogP contribution in [0.5, 0.6) is 0 Å². The molecule has 1 nitrogen and oxygen atoms in total. The van der Waals surface area contributed by atoms with Gasteiger partial charge in [0.15, 0.2) is 0 Å². The lowest BCUT2D eigenvalue weighted by Crippen LogP contribution is -2.18. The van der Waals surface area contributed by atoms with Crippen LogP contribution in [0.3, 0.4) is 0 Å². The summed E-state index contributed by atoms with van der Waals surface area (Å²) in [4.78, 5) is 0. The molecule has 0 aromatic carbocycles. The summed E-state index contributed by atoms with van der Waals surface area (Å²) >= 11 is 0. The quantitative estimate of drug-likeness (QED) is 0.522. The summed E-state index contributed by atoms with van der Waals surface area (Å²) in [5.74, 6) is 1.28. The van der Waals surface area contributed by atoms with Crippen LogP contribution in [0.25, 0.3) is 0 Å². The first-order chi connectivity index (χ1) is 7.86. The molecule has 1 aliphatic carbocycles. The van der Waals surface area contributed by atoms with Crippen molar-refractivity contribution in [2.45, 2.75) is 77.9 Å². The third-order valence-electron chi connectivity index (χ3n) is 3.33. The van der Waals surface area contributed by atoms with Crippen LogP contribution in [0, 0.1) is 0 Å². The number of hydrogen-bond donors (Lipinski definition) is 0. The van der Waals surface area contributed by atoms with E-state index in [4.69, 9.17) is 4.65 Å². The van der Waals surface area contributed by atoms with E-state index in [-0.39, 0.29) is 0 Å². The third kappa shape index (κ3) is 5.62. The highest BCUT2D eigenvalue weighted by Crippen LogP contribution is 2.22. The summed E-state index contributed by atoms with van der Waals surface area (Å²) in [6.07, 6.45) is 15.1. The van der Waals surface area contributed by atoms with Crippen LogP contribution in [-0.2, 0) is 4.65 Å². The molecule has 0 amide bonds. The summed E-state index contributed by atoms with van der Waals surface area (Å²) in [5.41, 5.74) is 0. The first-order valence-corrected chi connectivity index (χ1v) is 7.22. The summed E-state index contributed by atoms with van der Waals surface area (Å²) in [6, 6.07) is 0. The Morgan fingerprint density at radius 3 is 2.31 bits per heavy atom. The van der Waals surface area contributed by atoms with E-state index in [0.717, 1.165) is 0 Å². The maximum Gasteiger partial charge on any atom is 0.357 e. The van der Waals surface area contributed by atoms with Gasteiger partial charge in [-0.3, -0.25) is 0 Å². The van der Waals surface area contributed by atoms with Crippen LogP contribution in [0.2, 0.25) is 12.6 Å². The molecule has 0 aromatic heterocycles. The van der Waals surface area contributed by atoms with E-state index < -0.39 is 0 Å². The van der Waals surface area contributed by atoms with Gasteiger partial charge < -0.3 is 4.65 Å². The predicted molar refractivity (Wildman–Crippen MR) is 72.8 cm³/mol. The number of rotatable bonds is 8. The molecule has 1 rings (SSSR count). The van der Waals surface area contributed by atoms with Gasteiger partial charge in [0.05, 0.1) is 5.76 Å². The first kappa shape index (κ1) is 13.7. The maximum absolute atomic E-state index is 6.16. The Labute approximate surface area is 102 Å². The lowest BCUT2D eigenvalue weighted by atomic mass is 9.59. The molecule has 1 aliphatic rings. The Bertz CT molecular complexity index is 193. The molecule has 0 saturated carbocycles. The van der Waals surface area contributed by atoms with Gasteiger partial charge in [-0.1, -0.05) is 39.5 Å². The molecule has 2 heteroatoms. The number of hydrogen-bond acceptors (Lipinski definition) is 1. The van der Waals surface area contributed by atoms with Gasteiger partial charge in [-0.15, -0.1) is 0 Å². The Kier molecular flexibility index (Phi) is 7.45. The van der Waals surface area contributed by atoms with Crippen molar-refractivity contribution in [2.75, 3.05) is 0 Å². The zero-order valence-electron chi connectivity index (χ0n) is 11.1. The van der Waals surface area contributed by atoms with E-state index in [2.05, 4.69) is 19.9 Å². The monoisotopic (exact) mass is 222 g/mol. The van der Waals surface area contributed by atoms with E-state index in [1.165, 1.54) is 69.8 Å². The molecule has 16 heavy (non-hydrogen) atoms. The minimum absolute atomic E-state index is 0.490. The van der Waals surface area contributed by atoms with E-state index in [0.29, 0.717) is 6.92 Å². The highest BCUT2D eigenvalue weighted by atomic mass is 16.4. The van der Waals surface area contributed by atoms with E-state index in [9.17, 15) is 0 Å². The second kappa shape index (κ2) is 8.72. The van der Waals surface area contributed by atoms with Crippen molar-refractivity contribution in [3.63, 3.8) is 0 Å². The average Bonchev–Trinajstić information content (AvgIpc) is 2.34. The molecule has 0 aliphatic heterocycles. The lowest BCUT2D eigenvalue weighted by molar-refractivity contribution is 0.383. The minimum atomic E-state index is 0.490.